The first kappa shape index (κ1) is 9.17. The molecule has 0 unspecified atom stereocenters. The second-order valence-corrected chi connectivity index (χ2v) is 2.72. The summed E-state index contributed by atoms with van der Waals surface area (Å²) in [6.07, 6.45) is 1.04. The molecule has 0 fully saturated rings. The third-order valence-corrected chi connectivity index (χ3v) is 1.87. The Morgan fingerprint density at radius 1 is 1.33 bits per heavy atom. The first-order valence-electron chi connectivity index (χ1n) is 4.11. The Morgan fingerprint density at radius 3 is 2.67 bits per heavy atom. The molecule has 1 aromatic rings. The van der Waals surface area contributed by atoms with Gasteiger partial charge in [-0.15, -0.1) is 0 Å². The first-order valence-corrected chi connectivity index (χ1v) is 4.11. The van der Waals surface area contributed by atoms with Crippen molar-refractivity contribution in [3.8, 4) is 0 Å². The van der Waals surface area contributed by atoms with Crippen LogP contribution in [-0.4, -0.2) is 6.67 Å². The van der Waals surface area contributed by atoms with E-state index in [1.165, 1.54) is 6.07 Å². The van der Waals surface area contributed by atoms with E-state index in [-0.39, 0.29) is 12.5 Å². The summed E-state index contributed by atoms with van der Waals surface area (Å²) in [5.74, 6) is -0.194. The van der Waals surface area contributed by atoms with E-state index in [2.05, 4.69) is 0 Å². The van der Waals surface area contributed by atoms with E-state index in [1.54, 1.807) is 12.1 Å². The fourth-order valence-corrected chi connectivity index (χ4v) is 1.16. The van der Waals surface area contributed by atoms with Gasteiger partial charge in [0.25, 0.3) is 0 Å². The summed E-state index contributed by atoms with van der Waals surface area (Å²) < 4.78 is 24.8. The topological polar surface area (TPSA) is 0 Å². The smallest absolute Gasteiger partial charge is 0.126 e. The van der Waals surface area contributed by atoms with E-state index in [0.29, 0.717) is 18.4 Å². The van der Waals surface area contributed by atoms with E-state index in [9.17, 15) is 8.78 Å². The van der Waals surface area contributed by atoms with E-state index in [4.69, 9.17) is 0 Å². The molecule has 0 N–H and O–H groups in total. The Kier molecular flexibility index (Phi) is 3.20. The van der Waals surface area contributed by atoms with Gasteiger partial charge in [-0.3, -0.25) is 4.39 Å². The van der Waals surface area contributed by atoms with Gasteiger partial charge in [-0.1, -0.05) is 19.1 Å². The van der Waals surface area contributed by atoms with Crippen molar-refractivity contribution < 1.29 is 8.78 Å². The van der Waals surface area contributed by atoms with Gasteiger partial charge in [0.1, 0.15) is 5.82 Å². The molecule has 0 saturated heterocycles. The molecule has 0 aliphatic carbocycles. The number of aryl methyl sites for hydroxylation is 2. The molecule has 0 saturated carbocycles. The minimum atomic E-state index is -0.380. The molecule has 0 nitrogen and oxygen atoms in total. The molecule has 66 valence electrons. The Labute approximate surface area is 71.2 Å². The summed E-state index contributed by atoms with van der Waals surface area (Å²) >= 11 is 0. The molecule has 1 rings (SSSR count). The zero-order chi connectivity index (χ0) is 8.97. The predicted molar refractivity (Wildman–Crippen MR) is 45.5 cm³/mol. The zero-order valence-electron chi connectivity index (χ0n) is 7.11. The van der Waals surface area contributed by atoms with Crippen LogP contribution in [0.2, 0.25) is 0 Å². The highest BCUT2D eigenvalue weighted by Gasteiger charge is 2.00. The van der Waals surface area contributed by atoms with Crippen molar-refractivity contribution in [3.05, 3.63) is 35.1 Å². The second-order valence-electron chi connectivity index (χ2n) is 2.72. The summed E-state index contributed by atoms with van der Waals surface area (Å²) in [5.41, 5.74) is 1.54. The van der Waals surface area contributed by atoms with Gasteiger partial charge < -0.3 is 0 Å². The molecule has 0 atom stereocenters. The molecule has 0 aliphatic heterocycles. The quantitative estimate of drug-likeness (QED) is 0.654. The number of benzene rings is 1. The number of halogens is 2. The van der Waals surface area contributed by atoms with Gasteiger partial charge in [0, 0.05) is 6.42 Å². The highest BCUT2D eigenvalue weighted by Crippen LogP contribution is 2.11. The van der Waals surface area contributed by atoms with Gasteiger partial charge in [-0.2, -0.15) is 0 Å². The number of hydrogen-bond donors (Lipinski definition) is 0. The third kappa shape index (κ3) is 2.03. The number of alkyl halides is 1. The lowest BCUT2D eigenvalue weighted by molar-refractivity contribution is 0.494. The van der Waals surface area contributed by atoms with Crippen LogP contribution in [0.15, 0.2) is 18.2 Å². The molecule has 0 spiro atoms. The molecule has 0 aliphatic rings. The van der Waals surface area contributed by atoms with Gasteiger partial charge in [-0.05, 0) is 23.6 Å². The summed E-state index contributed by atoms with van der Waals surface area (Å²) in [4.78, 5) is 0. The van der Waals surface area contributed by atoms with Gasteiger partial charge in [-0.25, -0.2) is 4.39 Å². The van der Waals surface area contributed by atoms with Crippen LogP contribution in [0.3, 0.4) is 0 Å². The van der Waals surface area contributed by atoms with Crippen molar-refractivity contribution in [2.24, 2.45) is 0 Å². The van der Waals surface area contributed by atoms with Crippen molar-refractivity contribution in [2.75, 3.05) is 6.67 Å². The number of hydrogen-bond acceptors (Lipinski definition) is 0. The van der Waals surface area contributed by atoms with Crippen LogP contribution in [0.1, 0.15) is 18.1 Å². The van der Waals surface area contributed by atoms with E-state index >= 15 is 0 Å². The monoisotopic (exact) mass is 170 g/mol. The molecule has 1 aromatic carbocycles. The normalized spacial score (nSPS) is 10.2. The minimum absolute atomic E-state index is 0.194. The Balaban J connectivity index is 2.89. The van der Waals surface area contributed by atoms with Crippen LogP contribution in [0.25, 0.3) is 0 Å². The van der Waals surface area contributed by atoms with Crippen LogP contribution in [-0.2, 0) is 12.8 Å². The van der Waals surface area contributed by atoms with Gasteiger partial charge in [0.2, 0.25) is 0 Å². The SMILES string of the molecule is CCc1cc(CCF)ccc1F. The fraction of sp³-hybridized carbons (Fsp3) is 0.400. The summed E-state index contributed by atoms with van der Waals surface area (Å²) in [6, 6.07) is 4.77. The molecule has 0 radical (unpaired) electrons. The van der Waals surface area contributed by atoms with E-state index in [1.807, 2.05) is 6.92 Å². The Hall–Kier alpha value is -0.920. The van der Waals surface area contributed by atoms with Crippen molar-refractivity contribution in [1.82, 2.24) is 0 Å². The lowest BCUT2D eigenvalue weighted by Gasteiger charge is -2.02. The summed E-state index contributed by atoms with van der Waals surface area (Å²) in [5, 5.41) is 0. The molecule has 0 amide bonds. The average Bonchev–Trinajstić information content (AvgIpc) is 2.09. The van der Waals surface area contributed by atoms with E-state index in [0.717, 1.165) is 5.56 Å². The van der Waals surface area contributed by atoms with Crippen LogP contribution in [0.4, 0.5) is 8.78 Å². The third-order valence-electron chi connectivity index (χ3n) is 1.87. The molecular formula is C10H12F2. The second kappa shape index (κ2) is 4.19. The first-order chi connectivity index (χ1) is 5.77. The summed E-state index contributed by atoms with van der Waals surface area (Å²) in [7, 11) is 0. The van der Waals surface area contributed by atoms with Gasteiger partial charge in [0.15, 0.2) is 0 Å². The van der Waals surface area contributed by atoms with Crippen LogP contribution < -0.4 is 0 Å². The Morgan fingerprint density at radius 2 is 2.08 bits per heavy atom. The molecule has 0 heterocycles. The highest BCUT2D eigenvalue weighted by molar-refractivity contribution is 5.25. The van der Waals surface area contributed by atoms with Crippen molar-refractivity contribution in [2.45, 2.75) is 19.8 Å². The van der Waals surface area contributed by atoms with Crippen LogP contribution >= 0.6 is 0 Å². The van der Waals surface area contributed by atoms with Crippen LogP contribution in [0, 0.1) is 5.82 Å². The average molecular weight is 170 g/mol. The largest absolute Gasteiger partial charge is 0.251 e. The maximum Gasteiger partial charge on any atom is 0.126 e. The molecule has 0 bridgehead atoms. The maximum absolute atomic E-state index is 12.9. The molecule has 0 aromatic heterocycles. The lowest BCUT2D eigenvalue weighted by atomic mass is 10.1. The predicted octanol–water partition coefficient (Wildman–Crippen LogP) is 2.90. The van der Waals surface area contributed by atoms with Crippen molar-refractivity contribution in [1.29, 1.82) is 0 Å². The molecule has 12 heavy (non-hydrogen) atoms. The van der Waals surface area contributed by atoms with Gasteiger partial charge in [0.05, 0.1) is 6.67 Å². The standard InChI is InChI=1S/C10H12F2/c1-2-9-7-8(5-6-11)3-4-10(9)12/h3-4,7H,2,5-6H2,1H3. The van der Waals surface area contributed by atoms with Crippen molar-refractivity contribution in [3.63, 3.8) is 0 Å². The van der Waals surface area contributed by atoms with E-state index < -0.39 is 0 Å². The lowest BCUT2D eigenvalue weighted by Crippen LogP contribution is -1.92. The Bertz CT molecular complexity index is 256. The van der Waals surface area contributed by atoms with Crippen molar-refractivity contribution >= 4 is 0 Å². The minimum Gasteiger partial charge on any atom is -0.251 e. The molecular weight excluding hydrogens is 158 g/mol. The number of rotatable bonds is 3. The highest BCUT2D eigenvalue weighted by atomic mass is 19.1. The summed E-state index contributed by atoms with van der Waals surface area (Å²) in [6.45, 7) is 1.51. The molecule has 2 heteroatoms. The zero-order valence-corrected chi connectivity index (χ0v) is 7.11. The maximum atomic E-state index is 12.9. The van der Waals surface area contributed by atoms with Gasteiger partial charge >= 0.3 is 0 Å². The fourth-order valence-electron chi connectivity index (χ4n) is 1.16. The van der Waals surface area contributed by atoms with Crippen LogP contribution in [0.5, 0.6) is 0 Å².